The average molecular weight is 213 g/mol. The van der Waals surface area contributed by atoms with Crippen LogP contribution < -0.4 is 5.32 Å². The fraction of sp³-hybridized carbons (Fsp3) is 0. The quantitative estimate of drug-likeness (QED) is 0.585. The average Bonchev–Trinajstić information content (AvgIpc) is 2.29. The lowest BCUT2D eigenvalue weighted by Gasteiger charge is -2.12. The number of nitro benzene ring substituents is 1. The fourth-order valence-electron chi connectivity index (χ4n) is 1.89. The molecule has 0 unspecified atom stereocenters. The van der Waals surface area contributed by atoms with E-state index in [1.807, 2.05) is 18.2 Å². The van der Waals surface area contributed by atoms with Gasteiger partial charge in [-0.2, -0.15) is 0 Å². The van der Waals surface area contributed by atoms with Gasteiger partial charge in [0.1, 0.15) is 0 Å². The smallest absolute Gasteiger partial charge is 0.272 e. The van der Waals surface area contributed by atoms with Crippen LogP contribution in [0.2, 0.25) is 0 Å². The monoisotopic (exact) mass is 213 g/mol. The first kappa shape index (κ1) is 8.84. The minimum atomic E-state index is -0.393. The van der Waals surface area contributed by atoms with Gasteiger partial charge in [-0.3, -0.25) is 10.1 Å². The first-order valence-electron chi connectivity index (χ1n) is 4.76. The highest BCUT2D eigenvalue weighted by Gasteiger charge is 2.15. The van der Waals surface area contributed by atoms with Gasteiger partial charge in [0, 0.05) is 17.5 Å². The maximum atomic E-state index is 10.8. The van der Waals surface area contributed by atoms with Crippen LogP contribution in [0.4, 0.5) is 17.1 Å². The molecular formula is C11H7N3O2. The van der Waals surface area contributed by atoms with Crippen molar-refractivity contribution in [3.8, 4) is 0 Å². The van der Waals surface area contributed by atoms with Gasteiger partial charge in [-0.1, -0.05) is 12.1 Å². The summed E-state index contributed by atoms with van der Waals surface area (Å²) >= 11 is 0. The summed E-state index contributed by atoms with van der Waals surface area (Å²) < 4.78 is 0. The Labute approximate surface area is 90.6 Å². The van der Waals surface area contributed by atoms with E-state index >= 15 is 0 Å². The van der Waals surface area contributed by atoms with Gasteiger partial charge in [0.15, 0.2) is 0 Å². The van der Waals surface area contributed by atoms with Crippen molar-refractivity contribution in [3.63, 3.8) is 0 Å². The Morgan fingerprint density at radius 1 is 1.31 bits per heavy atom. The second-order valence-corrected chi connectivity index (χ2v) is 3.53. The van der Waals surface area contributed by atoms with E-state index in [0.717, 1.165) is 22.1 Å². The lowest BCUT2D eigenvalue weighted by molar-refractivity contribution is -0.384. The lowest BCUT2D eigenvalue weighted by Crippen LogP contribution is -2.01. The molecule has 0 aromatic heterocycles. The van der Waals surface area contributed by atoms with Gasteiger partial charge < -0.3 is 5.32 Å². The summed E-state index contributed by atoms with van der Waals surface area (Å²) in [6, 6.07) is 8.66. The first-order valence-corrected chi connectivity index (χ1v) is 4.76. The molecule has 0 saturated heterocycles. The summed E-state index contributed by atoms with van der Waals surface area (Å²) in [5.74, 6) is 0. The zero-order chi connectivity index (χ0) is 11.1. The van der Waals surface area contributed by atoms with Gasteiger partial charge >= 0.3 is 0 Å². The number of nitrogens with one attached hydrogen (secondary N) is 1. The molecule has 1 heterocycles. The van der Waals surface area contributed by atoms with Crippen LogP contribution in [0.15, 0.2) is 35.3 Å². The molecule has 0 amide bonds. The first-order chi connectivity index (χ1) is 7.75. The largest absolute Gasteiger partial charge is 0.346 e. The van der Waals surface area contributed by atoms with Gasteiger partial charge in [-0.05, 0) is 11.5 Å². The van der Waals surface area contributed by atoms with Crippen LogP contribution >= 0.6 is 0 Å². The van der Waals surface area contributed by atoms with Crippen LogP contribution in [0.3, 0.4) is 0 Å². The number of non-ortho nitro benzene ring substituents is 1. The molecule has 0 spiro atoms. The molecule has 16 heavy (non-hydrogen) atoms. The third-order valence-electron chi connectivity index (χ3n) is 2.57. The van der Waals surface area contributed by atoms with Crippen molar-refractivity contribution in [1.29, 1.82) is 0 Å². The summed E-state index contributed by atoms with van der Waals surface area (Å²) in [6.45, 7) is 0. The number of anilines is 1. The van der Waals surface area contributed by atoms with E-state index in [-0.39, 0.29) is 5.69 Å². The molecule has 5 nitrogen and oxygen atoms in total. The van der Waals surface area contributed by atoms with Crippen molar-refractivity contribution < 1.29 is 4.92 Å². The van der Waals surface area contributed by atoms with Crippen LogP contribution in [0.1, 0.15) is 0 Å². The van der Waals surface area contributed by atoms with E-state index in [1.54, 1.807) is 12.4 Å². The summed E-state index contributed by atoms with van der Waals surface area (Å²) in [5, 5.41) is 15.4. The Bertz CT molecular complexity index is 634. The van der Waals surface area contributed by atoms with Crippen molar-refractivity contribution in [3.05, 3.63) is 40.4 Å². The van der Waals surface area contributed by atoms with Gasteiger partial charge in [-0.15, -0.1) is 0 Å². The second kappa shape index (κ2) is 3.03. The lowest BCUT2D eigenvalue weighted by atomic mass is 10.1. The van der Waals surface area contributed by atoms with Crippen LogP contribution in [0, 0.1) is 10.1 Å². The van der Waals surface area contributed by atoms with E-state index in [2.05, 4.69) is 10.3 Å². The standard InChI is InChI=1S/C11H7N3O2/c15-14(16)8-4-7-2-1-3-9-11(7)10(5-8)13-6-12-9/h1-6H,(H,12,13). The molecule has 0 fully saturated rings. The van der Waals surface area contributed by atoms with Crippen molar-refractivity contribution in [2.24, 2.45) is 4.99 Å². The Hall–Kier alpha value is -2.43. The van der Waals surface area contributed by atoms with Gasteiger partial charge in [0.25, 0.3) is 5.69 Å². The molecule has 0 bridgehead atoms. The maximum absolute atomic E-state index is 10.8. The summed E-state index contributed by atoms with van der Waals surface area (Å²) in [7, 11) is 0. The molecule has 0 aliphatic carbocycles. The maximum Gasteiger partial charge on any atom is 0.272 e. The molecule has 1 N–H and O–H groups in total. The molecule has 2 aromatic carbocycles. The Balaban J connectivity index is 2.42. The number of hydrogen-bond acceptors (Lipinski definition) is 4. The van der Waals surface area contributed by atoms with Crippen LogP contribution in [0.25, 0.3) is 10.8 Å². The van der Waals surface area contributed by atoms with Crippen molar-refractivity contribution in [2.75, 3.05) is 5.32 Å². The van der Waals surface area contributed by atoms with Crippen molar-refractivity contribution in [1.82, 2.24) is 0 Å². The molecule has 5 heteroatoms. The molecule has 0 radical (unpaired) electrons. The van der Waals surface area contributed by atoms with Crippen molar-refractivity contribution in [2.45, 2.75) is 0 Å². The molecule has 78 valence electrons. The summed E-state index contributed by atoms with van der Waals surface area (Å²) in [4.78, 5) is 14.5. The topological polar surface area (TPSA) is 67.5 Å². The van der Waals surface area contributed by atoms with Gasteiger partial charge in [0.2, 0.25) is 0 Å². The van der Waals surface area contributed by atoms with E-state index < -0.39 is 4.92 Å². The molecule has 2 aromatic rings. The fourth-order valence-corrected chi connectivity index (χ4v) is 1.89. The highest BCUT2D eigenvalue weighted by atomic mass is 16.6. The molecule has 1 aliphatic rings. The number of benzene rings is 2. The molecule has 1 aliphatic heterocycles. The van der Waals surface area contributed by atoms with Crippen molar-refractivity contribution >= 4 is 34.2 Å². The molecule has 0 atom stereocenters. The van der Waals surface area contributed by atoms with Gasteiger partial charge in [0.05, 0.1) is 22.6 Å². The predicted octanol–water partition coefficient (Wildman–Crippen LogP) is 2.83. The number of nitrogens with zero attached hydrogens (tertiary/aromatic N) is 2. The van der Waals surface area contributed by atoms with E-state index in [1.165, 1.54) is 6.07 Å². The van der Waals surface area contributed by atoms with Gasteiger partial charge in [-0.25, -0.2) is 4.99 Å². The SMILES string of the molecule is O=[N+]([O-])c1cc2c3c(cccc3c1)N=CN2. The molecule has 0 saturated carbocycles. The van der Waals surface area contributed by atoms with Crippen LogP contribution in [-0.2, 0) is 0 Å². The number of rotatable bonds is 1. The third-order valence-corrected chi connectivity index (χ3v) is 2.57. The third kappa shape index (κ3) is 1.15. The number of nitro groups is 1. The predicted molar refractivity (Wildman–Crippen MR) is 62.4 cm³/mol. The number of hydrogen-bond donors (Lipinski definition) is 1. The van der Waals surface area contributed by atoms with Crippen LogP contribution in [0.5, 0.6) is 0 Å². The van der Waals surface area contributed by atoms with E-state index in [0.29, 0.717) is 0 Å². The Morgan fingerprint density at radius 2 is 2.19 bits per heavy atom. The minimum absolute atomic E-state index is 0.0856. The zero-order valence-electron chi connectivity index (χ0n) is 8.18. The Kier molecular flexibility index (Phi) is 1.67. The molecule has 3 rings (SSSR count). The highest BCUT2D eigenvalue weighted by molar-refractivity contribution is 6.09. The minimum Gasteiger partial charge on any atom is -0.346 e. The summed E-state index contributed by atoms with van der Waals surface area (Å²) in [5.41, 5.74) is 1.65. The normalized spacial score (nSPS) is 12.5. The Morgan fingerprint density at radius 3 is 3.00 bits per heavy atom. The van der Waals surface area contributed by atoms with Crippen LogP contribution in [-0.4, -0.2) is 11.3 Å². The number of aliphatic imine (C=N–C) groups is 1. The molecular weight excluding hydrogens is 206 g/mol. The van der Waals surface area contributed by atoms with E-state index in [9.17, 15) is 10.1 Å². The summed E-state index contributed by atoms with van der Waals surface area (Å²) in [6.07, 6.45) is 1.54. The van der Waals surface area contributed by atoms with E-state index in [4.69, 9.17) is 0 Å². The highest BCUT2D eigenvalue weighted by Crippen LogP contribution is 2.37. The zero-order valence-corrected chi connectivity index (χ0v) is 8.18. The second-order valence-electron chi connectivity index (χ2n) is 3.53.